The first-order valence-electron chi connectivity index (χ1n) is 8.80. The molecular weight excluding hydrogens is 372 g/mol. The Labute approximate surface area is 165 Å². The Morgan fingerprint density at radius 2 is 2.07 bits per heavy atom. The van der Waals surface area contributed by atoms with Crippen molar-refractivity contribution < 1.29 is 4.79 Å². The fraction of sp³-hybridized carbons (Fsp3) is 0.150. The number of hydrogen-bond acceptors (Lipinski definition) is 7. The quantitative estimate of drug-likeness (QED) is 0.523. The van der Waals surface area contributed by atoms with Crippen molar-refractivity contribution in [3.63, 3.8) is 0 Å². The number of thiophene rings is 1. The maximum atomic E-state index is 12.8. The first kappa shape index (κ1) is 18.0. The summed E-state index contributed by atoms with van der Waals surface area (Å²) in [5, 5.41) is 8.05. The van der Waals surface area contributed by atoms with Crippen molar-refractivity contribution in [3.8, 4) is 0 Å². The molecule has 8 heteroatoms. The monoisotopic (exact) mass is 390 g/mol. The van der Waals surface area contributed by atoms with Crippen molar-refractivity contribution in [2.45, 2.75) is 19.5 Å². The van der Waals surface area contributed by atoms with Crippen LogP contribution in [0.4, 0.5) is 5.95 Å². The van der Waals surface area contributed by atoms with E-state index in [2.05, 4.69) is 30.6 Å². The molecule has 0 saturated heterocycles. The lowest BCUT2D eigenvalue weighted by atomic mass is 10.1. The minimum Gasteiger partial charge on any atom is -0.348 e. The molecule has 4 heterocycles. The second-order valence-corrected chi connectivity index (χ2v) is 7.10. The molecular formula is C20H18N6OS. The van der Waals surface area contributed by atoms with E-state index >= 15 is 0 Å². The SMILES string of the molecule is CC(Nc1nc(C(=O)NCc2ccccn2)c2sccc2n1)c1cccnc1. The summed E-state index contributed by atoms with van der Waals surface area (Å²) in [5.41, 5.74) is 2.90. The molecule has 0 aliphatic rings. The lowest BCUT2D eigenvalue weighted by Crippen LogP contribution is -2.25. The van der Waals surface area contributed by atoms with Gasteiger partial charge in [0.2, 0.25) is 5.95 Å². The number of pyridine rings is 2. The van der Waals surface area contributed by atoms with Crippen LogP contribution in [-0.4, -0.2) is 25.8 Å². The Balaban J connectivity index is 1.57. The van der Waals surface area contributed by atoms with Crippen molar-refractivity contribution in [1.82, 2.24) is 25.3 Å². The molecule has 140 valence electrons. The third-order valence-corrected chi connectivity index (χ3v) is 5.12. The highest BCUT2D eigenvalue weighted by Gasteiger charge is 2.17. The van der Waals surface area contributed by atoms with Crippen LogP contribution >= 0.6 is 11.3 Å². The number of fused-ring (bicyclic) bond motifs is 1. The summed E-state index contributed by atoms with van der Waals surface area (Å²) in [5.74, 6) is 0.155. The van der Waals surface area contributed by atoms with Crippen molar-refractivity contribution in [2.24, 2.45) is 0 Å². The van der Waals surface area contributed by atoms with Crippen LogP contribution in [-0.2, 0) is 6.54 Å². The van der Waals surface area contributed by atoms with Crippen LogP contribution in [0.3, 0.4) is 0 Å². The molecule has 0 aliphatic carbocycles. The van der Waals surface area contributed by atoms with E-state index in [4.69, 9.17) is 0 Å². The molecule has 0 fully saturated rings. The Kier molecular flexibility index (Phi) is 5.20. The molecule has 28 heavy (non-hydrogen) atoms. The van der Waals surface area contributed by atoms with Crippen LogP contribution in [0, 0.1) is 0 Å². The highest BCUT2D eigenvalue weighted by molar-refractivity contribution is 7.17. The van der Waals surface area contributed by atoms with Gasteiger partial charge in [-0.2, -0.15) is 0 Å². The number of aromatic nitrogens is 4. The summed E-state index contributed by atoms with van der Waals surface area (Å²) in [6.07, 6.45) is 5.22. The number of rotatable bonds is 6. The van der Waals surface area contributed by atoms with Gasteiger partial charge < -0.3 is 10.6 Å². The minimum absolute atomic E-state index is 0.0470. The Morgan fingerprint density at radius 1 is 1.14 bits per heavy atom. The van der Waals surface area contributed by atoms with Crippen LogP contribution in [0.15, 0.2) is 60.4 Å². The maximum Gasteiger partial charge on any atom is 0.271 e. The molecule has 0 aliphatic heterocycles. The van der Waals surface area contributed by atoms with Crippen molar-refractivity contribution in [2.75, 3.05) is 5.32 Å². The molecule has 1 unspecified atom stereocenters. The average Bonchev–Trinajstić information content (AvgIpc) is 3.21. The smallest absolute Gasteiger partial charge is 0.271 e. The van der Waals surface area contributed by atoms with E-state index in [-0.39, 0.29) is 11.9 Å². The first-order valence-corrected chi connectivity index (χ1v) is 9.68. The zero-order valence-corrected chi connectivity index (χ0v) is 16.0. The molecule has 0 aromatic carbocycles. The number of nitrogens with zero attached hydrogens (tertiary/aromatic N) is 4. The molecule has 0 saturated carbocycles. The number of amides is 1. The molecule has 1 amide bonds. The van der Waals surface area contributed by atoms with Gasteiger partial charge in [0.15, 0.2) is 5.69 Å². The molecule has 4 aromatic heterocycles. The number of nitrogens with one attached hydrogen (secondary N) is 2. The number of hydrogen-bond donors (Lipinski definition) is 2. The van der Waals surface area contributed by atoms with Crippen molar-refractivity contribution >= 4 is 33.4 Å². The van der Waals surface area contributed by atoms with E-state index < -0.39 is 0 Å². The molecule has 0 bridgehead atoms. The van der Waals surface area contributed by atoms with E-state index in [1.807, 2.05) is 48.7 Å². The molecule has 1 atom stereocenters. The van der Waals surface area contributed by atoms with E-state index in [1.54, 1.807) is 18.6 Å². The second kappa shape index (κ2) is 8.10. The van der Waals surface area contributed by atoms with Gasteiger partial charge in [0.1, 0.15) is 0 Å². The van der Waals surface area contributed by atoms with E-state index in [0.29, 0.717) is 18.2 Å². The second-order valence-electron chi connectivity index (χ2n) is 6.19. The van der Waals surface area contributed by atoms with Gasteiger partial charge in [-0.25, -0.2) is 9.97 Å². The number of anilines is 1. The summed E-state index contributed by atoms with van der Waals surface area (Å²) < 4.78 is 0.762. The average molecular weight is 390 g/mol. The Morgan fingerprint density at radius 3 is 2.86 bits per heavy atom. The van der Waals surface area contributed by atoms with Gasteiger partial charge >= 0.3 is 0 Å². The van der Waals surface area contributed by atoms with Crippen LogP contribution in [0.1, 0.15) is 34.7 Å². The highest BCUT2D eigenvalue weighted by Crippen LogP contribution is 2.25. The summed E-state index contributed by atoms with van der Waals surface area (Å²) in [4.78, 5) is 30.2. The van der Waals surface area contributed by atoms with Gasteiger partial charge in [-0.3, -0.25) is 14.8 Å². The Hall–Kier alpha value is -3.39. The minimum atomic E-state index is -0.252. The standard InChI is InChI=1S/C20H18N6OS/c1-13(14-5-4-8-21-11-14)24-20-25-16-7-10-28-18(16)17(26-20)19(27)23-12-15-6-2-3-9-22-15/h2-11,13H,12H2,1H3,(H,23,27)(H,24,25,26). The van der Waals surface area contributed by atoms with Gasteiger partial charge in [-0.1, -0.05) is 12.1 Å². The zero-order valence-electron chi connectivity index (χ0n) is 15.2. The van der Waals surface area contributed by atoms with Crippen LogP contribution in [0.2, 0.25) is 0 Å². The summed E-state index contributed by atoms with van der Waals surface area (Å²) in [6, 6.07) is 11.3. The largest absolute Gasteiger partial charge is 0.348 e. The van der Waals surface area contributed by atoms with Gasteiger partial charge in [0, 0.05) is 18.6 Å². The normalized spacial score (nSPS) is 11.9. The maximum absolute atomic E-state index is 12.8. The topological polar surface area (TPSA) is 92.7 Å². The van der Waals surface area contributed by atoms with Gasteiger partial charge in [0.05, 0.1) is 28.5 Å². The predicted molar refractivity (Wildman–Crippen MR) is 109 cm³/mol. The summed E-state index contributed by atoms with van der Waals surface area (Å²) >= 11 is 1.45. The van der Waals surface area contributed by atoms with Crippen LogP contribution in [0.25, 0.3) is 10.2 Å². The predicted octanol–water partition coefficient (Wildman–Crippen LogP) is 3.58. The fourth-order valence-electron chi connectivity index (χ4n) is 2.75. The van der Waals surface area contributed by atoms with Crippen LogP contribution in [0.5, 0.6) is 0 Å². The van der Waals surface area contributed by atoms with Gasteiger partial charge in [-0.15, -0.1) is 11.3 Å². The fourth-order valence-corrected chi connectivity index (χ4v) is 3.57. The molecule has 4 aromatic rings. The molecule has 2 N–H and O–H groups in total. The van der Waals surface area contributed by atoms with Crippen LogP contribution < -0.4 is 10.6 Å². The third kappa shape index (κ3) is 3.96. The summed E-state index contributed by atoms with van der Waals surface area (Å²) in [6.45, 7) is 2.34. The number of carbonyl (C=O) groups is 1. The molecule has 4 rings (SSSR count). The lowest BCUT2D eigenvalue weighted by Gasteiger charge is -2.14. The van der Waals surface area contributed by atoms with Gasteiger partial charge in [-0.05, 0) is 42.1 Å². The Bertz CT molecular complexity index is 1080. The summed E-state index contributed by atoms with van der Waals surface area (Å²) in [7, 11) is 0. The van der Waals surface area contributed by atoms with E-state index in [0.717, 1.165) is 21.5 Å². The first-order chi connectivity index (χ1) is 13.7. The van der Waals surface area contributed by atoms with Gasteiger partial charge in [0.25, 0.3) is 5.91 Å². The van der Waals surface area contributed by atoms with Crippen molar-refractivity contribution in [1.29, 1.82) is 0 Å². The molecule has 0 spiro atoms. The highest BCUT2D eigenvalue weighted by atomic mass is 32.1. The lowest BCUT2D eigenvalue weighted by molar-refractivity contribution is 0.0947. The van der Waals surface area contributed by atoms with Crippen molar-refractivity contribution in [3.05, 3.63) is 77.3 Å². The van der Waals surface area contributed by atoms with E-state index in [9.17, 15) is 4.79 Å². The molecule has 7 nitrogen and oxygen atoms in total. The third-order valence-electron chi connectivity index (χ3n) is 4.20. The zero-order chi connectivity index (χ0) is 19.3. The number of carbonyl (C=O) groups excluding carboxylic acids is 1. The van der Waals surface area contributed by atoms with E-state index in [1.165, 1.54) is 11.3 Å². The molecule has 0 radical (unpaired) electrons.